The van der Waals surface area contributed by atoms with Gasteiger partial charge in [-0.05, 0) is 32.9 Å². The molecule has 0 unspecified atom stereocenters. The Labute approximate surface area is 134 Å². The second-order valence-electron chi connectivity index (χ2n) is 5.74. The number of anilines is 2. The van der Waals surface area contributed by atoms with Gasteiger partial charge in [-0.25, -0.2) is 14.8 Å². The molecule has 0 atom stereocenters. The molecule has 0 bridgehead atoms. The fourth-order valence-electron chi connectivity index (χ4n) is 1.64. The van der Waals surface area contributed by atoms with E-state index in [0.29, 0.717) is 11.3 Å². The lowest BCUT2D eigenvalue weighted by molar-refractivity contribution is 0.0634. The predicted molar refractivity (Wildman–Crippen MR) is 86.3 cm³/mol. The Hall–Kier alpha value is -2.96. The van der Waals surface area contributed by atoms with Gasteiger partial charge in [-0.3, -0.25) is 10.1 Å². The van der Waals surface area contributed by atoms with Crippen LogP contribution in [0.1, 0.15) is 31.1 Å². The summed E-state index contributed by atoms with van der Waals surface area (Å²) in [6.45, 7) is 5.28. The van der Waals surface area contributed by atoms with Gasteiger partial charge in [0.05, 0.1) is 18.1 Å². The molecule has 0 aliphatic carbocycles. The van der Waals surface area contributed by atoms with Crippen molar-refractivity contribution in [3.8, 4) is 0 Å². The van der Waals surface area contributed by atoms with Crippen molar-refractivity contribution in [2.45, 2.75) is 26.4 Å². The van der Waals surface area contributed by atoms with E-state index < -0.39 is 11.7 Å². The second-order valence-corrected chi connectivity index (χ2v) is 5.74. The highest BCUT2D eigenvalue weighted by atomic mass is 16.6. The van der Waals surface area contributed by atoms with Crippen LogP contribution in [0, 0.1) is 0 Å². The lowest BCUT2D eigenvalue weighted by Gasteiger charge is -2.19. The lowest BCUT2D eigenvalue weighted by atomic mass is 10.2. The molecule has 0 radical (unpaired) electrons. The molecule has 2 aromatic rings. The van der Waals surface area contributed by atoms with Gasteiger partial charge in [0.1, 0.15) is 5.60 Å². The Morgan fingerprint density at radius 2 is 1.61 bits per heavy atom. The van der Waals surface area contributed by atoms with Gasteiger partial charge in [-0.15, -0.1) is 0 Å². The molecule has 7 nitrogen and oxygen atoms in total. The first kappa shape index (κ1) is 16.4. The molecule has 0 fully saturated rings. The molecule has 2 N–H and O–H groups in total. The monoisotopic (exact) mass is 314 g/mol. The van der Waals surface area contributed by atoms with Crippen molar-refractivity contribution in [1.82, 2.24) is 9.97 Å². The van der Waals surface area contributed by atoms with Crippen LogP contribution in [0.3, 0.4) is 0 Å². The summed E-state index contributed by atoms with van der Waals surface area (Å²) in [4.78, 5) is 31.5. The van der Waals surface area contributed by atoms with E-state index in [2.05, 4.69) is 20.6 Å². The number of amides is 2. The van der Waals surface area contributed by atoms with Crippen molar-refractivity contribution in [3.63, 3.8) is 0 Å². The van der Waals surface area contributed by atoms with Crippen LogP contribution in [0.5, 0.6) is 0 Å². The number of benzene rings is 1. The number of carbonyl (C=O) groups is 2. The van der Waals surface area contributed by atoms with Crippen molar-refractivity contribution in [2.75, 3.05) is 10.6 Å². The highest BCUT2D eigenvalue weighted by Crippen LogP contribution is 2.11. The molecule has 2 amide bonds. The lowest BCUT2D eigenvalue weighted by Crippen LogP contribution is -2.27. The highest BCUT2D eigenvalue weighted by Gasteiger charge is 2.17. The minimum atomic E-state index is -0.640. The number of ether oxygens (including phenoxy) is 1. The summed E-state index contributed by atoms with van der Waals surface area (Å²) >= 11 is 0. The normalized spacial score (nSPS) is 10.7. The maximum Gasteiger partial charge on any atom is 0.414 e. The molecule has 1 aromatic heterocycles. The summed E-state index contributed by atoms with van der Waals surface area (Å²) in [7, 11) is 0. The number of rotatable bonds is 3. The molecule has 7 heteroatoms. The first-order chi connectivity index (χ1) is 10.8. The minimum Gasteiger partial charge on any atom is -0.444 e. The van der Waals surface area contributed by atoms with Gasteiger partial charge in [0, 0.05) is 5.56 Å². The van der Waals surface area contributed by atoms with Crippen molar-refractivity contribution in [3.05, 3.63) is 48.3 Å². The van der Waals surface area contributed by atoms with Crippen LogP contribution < -0.4 is 10.6 Å². The zero-order valence-electron chi connectivity index (χ0n) is 13.2. The van der Waals surface area contributed by atoms with Gasteiger partial charge in [0.2, 0.25) is 5.95 Å². The molecular formula is C16H18N4O3. The molecular weight excluding hydrogens is 296 g/mol. The van der Waals surface area contributed by atoms with Crippen LogP contribution in [-0.4, -0.2) is 27.6 Å². The van der Waals surface area contributed by atoms with Crippen LogP contribution >= 0.6 is 0 Å². The first-order valence-corrected chi connectivity index (χ1v) is 7.02. The minimum absolute atomic E-state index is 0.0944. The van der Waals surface area contributed by atoms with Crippen molar-refractivity contribution in [1.29, 1.82) is 0 Å². The number of aromatic nitrogens is 2. The SMILES string of the molecule is CC(C)(C)OC(=O)Nc1ncc(NC(=O)c2ccccc2)cn1. The van der Waals surface area contributed by atoms with Crippen LogP contribution in [-0.2, 0) is 4.74 Å². The average Bonchev–Trinajstić information content (AvgIpc) is 2.48. The van der Waals surface area contributed by atoms with E-state index in [0.717, 1.165) is 0 Å². The van der Waals surface area contributed by atoms with Crippen LogP contribution in [0.4, 0.5) is 16.4 Å². The maximum atomic E-state index is 12.0. The Morgan fingerprint density at radius 3 is 2.17 bits per heavy atom. The quantitative estimate of drug-likeness (QED) is 0.908. The second kappa shape index (κ2) is 6.87. The molecule has 0 aliphatic heterocycles. The van der Waals surface area contributed by atoms with E-state index in [9.17, 15) is 9.59 Å². The molecule has 120 valence electrons. The van der Waals surface area contributed by atoms with Crippen molar-refractivity contribution < 1.29 is 14.3 Å². The smallest absolute Gasteiger partial charge is 0.414 e. The largest absolute Gasteiger partial charge is 0.444 e. The number of hydrogen-bond donors (Lipinski definition) is 2. The fourth-order valence-corrected chi connectivity index (χ4v) is 1.64. The third-order valence-electron chi connectivity index (χ3n) is 2.56. The van der Waals surface area contributed by atoms with E-state index in [1.807, 2.05) is 6.07 Å². The third kappa shape index (κ3) is 5.39. The fraction of sp³-hybridized carbons (Fsp3) is 0.250. The number of nitrogens with zero attached hydrogens (tertiary/aromatic N) is 2. The first-order valence-electron chi connectivity index (χ1n) is 7.02. The molecule has 0 aliphatic rings. The Bertz CT molecular complexity index is 679. The molecule has 0 saturated heterocycles. The van der Waals surface area contributed by atoms with E-state index in [1.54, 1.807) is 45.0 Å². The van der Waals surface area contributed by atoms with Gasteiger partial charge in [0.25, 0.3) is 5.91 Å². The summed E-state index contributed by atoms with van der Waals surface area (Å²) < 4.78 is 5.09. The van der Waals surface area contributed by atoms with Gasteiger partial charge in [0.15, 0.2) is 0 Å². The predicted octanol–water partition coefficient (Wildman–Crippen LogP) is 3.08. The molecule has 1 heterocycles. The summed E-state index contributed by atoms with van der Waals surface area (Å²) in [5.74, 6) is -0.168. The van der Waals surface area contributed by atoms with Crippen molar-refractivity contribution >= 4 is 23.6 Å². The molecule has 1 aromatic carbocycles. The Balaban J connectivity index is 1.95. The topological polar surface area (TPSA) is 93.2 Å². The van der Waals surface area contributed by atoms with E-state index in [4.69, 9.17) is 4.74 Å². The van der Waals surface area contributed by atoms with Crippen molar-refractivity contribution in [2.24, 2.45) is 0 Å². The zero-order chi connectivity index (χ0) is 16.9. The Kier molecular flexibility index (Phi) is 4.90. The standard InChI is InChI=1S/C16H18N4O3/c1-16(2,3)23-15(22)20-14-17-9-12(10-18-14)19-13(21)11-7-5-4-6-8-11/h4-10H,1-3H3,(H,19,21)(H,17,18,20,22). The number of nitrogens with one attached hydrogen (secondary N) is 2. The third-order valence-corrected chi connectivity index (χ3v) is 2.56. The summed E-state index contributed by atoms with van der Waals surface area (Å²) in [5.41, 5.74) is 0.352. The van der Waals surface area contributed by atoms with Gasteiger partial charge >= 0.3 is 6.09 Å². The average molecular weight is 314 g/mol. The van der Waals surface area contributed by atoms with Gasteiger partial charge in [-0.1, -0.05) is 18.2 Å². The van der Waals surface area contributed by atoms with Crippen LogP contribution in [0.15, 0.2) is 42.7 Å². The molecule has 0 saturated carbocycles. The summed E-state index contributed by atoms with van der Waals surface area (Å²) in [6.07, 6.45) is 2.17. The zero-order valence-corrected chi connectivity index (χ0v) is 13.2. The Morgan fingerprint density at radius 1 is 1.00 bits per heavy atom. The highest BCUT2D eigenvalue weighted by molar-refractivity contribution is 6.04. The summed E-state index contributed by atoms with van der Waals surface area (Å²) in [5, 5.41) is 5.08. The summed E-state index contributed by atoms with van der Waals surface area (Å²) in [6, 6.07) is 8.79. The maximum absolute atomic E-state index is 12.0. The molecule has 2 rings (SSSR count). The number of hydrogen-bond acceptors (Lipinski definition) is 5. The molecule has 0 spiro atoms. The van der Waals surface area contributed by atoms with Crippen LogP contribution in [0.2, 0.25) is 0 Å². The van der Waals surface area contributed by atoms with Gasteiger partial charge < -0.3 is 10.1 Å². The number of carbonyl (C=O) groups excluding carboxylic acids is 2. The van der Waals surface area contributed by atoms with Crippen LogP contribution in [0.25, 0.3) is 0 Å². The van der Waals surface area contributed by atoms with Gasteiger partial charge in [-0.2, -0.15) is 0 Å². The molecule has 23 heavy (non-hydrogen) atoms. The van der Waals surface area contributed by atoms with E-state index in [-0.39, 0.29) is 11.9 Å². The van der Waals surface area contributed by atoms with E-state index in [1.165, 1.54) is 12.4 Å². The van der Waals surface area contributed by atoms with E-state index >= 15 is 0 Å².